The van der Waals surface area contributed by atoms with Gasteiger partial charge >= 0.3 is 0 Å². The molecule has 0 bridgehead atoms. The minimum Gasteiger partial charge on any atom is -0.397 e. The topological polar surface area (TPSA) is 78.7 Å². The third kappa shape index (κ3) is 3.87. The highest BCUT2D eigenvalue weighted by atomic mass is 16.2. The molecule has 1 rings (SSSR count). The van der Waals surface area contributed by atoms with Gasteiger partial charge in [0.25, 0.3) is 5.91 Å². The molecule has 0 spiro atoms. The van der Waals surface area contributed by atoms with Gasteiger partial charge < -0.3 is 20.9 Å². The summed E-state index contributed by atoms with van der Waals surface area (Å²) in [6.07, 6.45) is 0. The van der Waals surface area contributed by atoms with Gasteiger partial charge in [0.15, 0.2) is 0 Å². The number of carbonyl (C=O) groups excluding carboxylic acids is 2. The maximum Gasteiger partial charge on any atom is 0.253 e. The van der Waals surface area contributed by atoms with Gasteiger partial charge in [0.2, 0.25) is 5.91 Å². The van der Waals surface area contributed by atoms with Gasteiger partial charge in [-0.1, -0.05) is 0 Å². The summed E-state index contributed by atoms with van der Waals surface area (Å²) in [7, 11) is 6.74. The van der Waals surface area contributed by atoms with Crippen LogP contribution in [-0.2, 0) is 4.79 Å². The molecule has 0 saturated carbocycles. The molecule has 1 aromatic carbocycles. The summed E-state index contributed by atoms with van der Waals surface area (Å²) >= 11 is 0. The first kappa shape index (κ1) is 14.8. The average molecular weight is 264 g/mol. The lowest BCUT2D eigenvalue weighted by atomic mass is 10.1. The summed E-state index contributed by atoms with van der Waals surface area (Å²) in [5.41, 5.74) is 7.47. The first-order valence-corrected chi connectivity index (χ1v) is 5.88. The summed E-state index contributed by atoms with van der Waals surface area (Å²) in [6.45, 7) is 0.165. The normalized spacial score (nSPS) is 9.89. The number of nitrogen functional groups attached to an aromatic ring is 1. The Balaban J connectivity index is 2.78. The van der Waals surface area contributed by atoms with Crippen molar-refractivity contribution in [2.24, 2.45) is 0 Å². The number of amides is 2. The maximum absolute atomic E-state index is 11.8. The van der Waals surface area contributed by atoms with Crippen LogP contribution in [0.15, 0.2) is 18.2 Å². The third-order valence-electron chi connectivity index (χ3n) is 2.63. The molecule has 6 heteroatoms. The van der Waals surface area contributed by atoms with E-state index in [4.69, 9.17) is 5.73 Å². The molecule has 104 valence electrons. The van der Waals surface area contributed by atoms with Gasteiger partial charge in [0, 0.05) is 33.8 Å². The lowest BCUT2D eigenvalue weighted by Gasteiger charge is -2.15. The van der Waals surface area contributed by atoms with E-state index < -0.39 is 0 Å². The summed E-state index contributed by atoms with van der Waals surface area (Å²) in [5, 5.41) is 2.95. The van der Waals surface area contributed by atoms with E-state index in [-0.39, 0.29) is 18.4 Å². The van der Waals surface area contributed by atoms with E-state index in [9.17, 15) is 9.59 Å². The molecule has 0 aliphatic carbocycles. The summed E-state index contributed by atoms with van der Waals surface area (Å²) in [5.74, 6) is -0.157. The lowest BCUT2D eigenvalue weighted by molar-refractivity contribution is -0.126. The predicted molar refractivity (Wildman–Crippen MR) is 76.1 cm³/mol. The molecule has 0 aliphatic rings. The van der Waals surface area contributed by atoms with E-state index >= 15 is 0 Å². The number of nitrogens with one attached hydrogen (secondary N) is 1. The van der Waals surface area contributed by atoms with Crippen LogP contribution in [0.2, 0.25) is 0 Å². The molecule has 0 heterocycles. The standard InChI is InChI=1S/C13H20N4O2/c1-16(2)12(18)8-15-11-6-5-9(7-10(11)14)13(19)17(3)4/h5-7,15H,8,14H2,1-4H3. The Morgan fingerprint density at radius 1 is 1.16 bits per heavy atom. The van der Waals surface area contributed by atoms with Crippen molar-refractivity contribution in [1.29, 1.82) is 0 Å². The van der Waals surface area contributed by atoms with Crippen molar-refractivity contribution in [2.75, 3.05) is 45.8 Å². The van der Waals surface area contributed by atoms with Gasteiger partial charge in [-0.25, -0.2) is 0 Å². The van der Waals surface area contributed by atoms with Gasteiger partial charge in [-0.05, 0) is 18.2 Å². The highest BCUT2D eigenvalue weighted by Crippen LogP contribution is 2.20. The van der Waals surface area contributed by atoms with Crippen LogP contribution in [0.25, 0.3) is 0 Å². The van der Waals surface area contributed by atoms with Crippen molar-refractivity contribution in [3.63, 3.8) is 0 Å². The second-order valence-electron chi connectivity index (χ2n) is 4.64. The van der Waals surface area contributed by atoms with Gasteiger partial charge in [0.1, 0.15) is 0 Å². The number of benzene rings is 1. The van der Waals surface area contributed by atoms with Crippen molar-refractivity contribution in [2.45, 2.75) is 0 Å². The second kappa shape index (κ2) is 6.08. The van der Waals surface area contributed by atoms with Crippen molar-refractivity contribution < 1.29 is 9.59 Å². The summed E-state index contributed by atoms with van der Waals surface area (Å²) in [4.78, 5) is 26.2. The zero-order valence-electron chi connectivity index (χ0n) is 11.7. The van der Waals surface area contributed by atoms with Crippen LogP contribution < -0.4 is 11.1 Å². The minimum absolute atomic E-state index is 0.0483. The molecule has 3 N–H and O–H groups in total. The lowest BCUT2D eigenvalue weighted by Crippen LogP contribution is -2.28. The number of nitrogens with two attached hydrogens (primary N) is 1. The fourth-order valence-electron chi connectivity index (χ4n) is 1.44. The molecule has 2 amide bonds. The minimum atomic E-state index is -0.109. The number of hydrogen-bond donors (Lipinski definition) is 2. The number of anilines is 2. The van der Waals surface area contributed by atoms with Crippen molar-refractivity contribution >= 4 is 23.2 Å². The summed E-state index contributed by atoms with van der Waals surface area (Å²) in [6, 6.07) is 4.99. The predicted octanol–water partition coefficient (Wildman–Crippen LogP) is 0.471. The Morgan fingerprint density at radius 3 is 2.26 bits per heavy atom. The average Bonchev–Trinajstić information content (AvgIpc) is 2.35. The number of nitrogens with zero attached hydrogens (tertiary/aromatic N) is 2. The highest BCUT2D eigenvalue weighted by Gasteiger charge is 2.10. The molecule has 0 fully saturated rings. The largest absolute Gasteiger partial charge is 0.397 e. The molecule has 0 radical (unpaired) electrons. The van der Waals surface area contributed by atoms with E-state index in [1.807, 2.05) is 0 Å². The quantitative estimate of drug-likeness (QED) is 0.775. The fraction of sp³-hybridized carbons (Fsp3) is 0.385. The zero-order valence-corrected chi connectivity index (χ0v) is 11.7. The monoisotopic (exact) mass is 264 g/mol. The Morgan fingerprint density at radius 2 is 1.79 bits per heavy atom. The molecule has 6 nitrogen and oxygen atoms in total. The van der Waals surface area contributed by atoms with Crippen LogP contribution in [0.5, 0.6) is 0 Å². The SMILES string of the molecule is CN(C)C(=O)CNc1ccc(C(=O)N(C)C)cc1N. The van der Waals surface area contributed by atoms with Crippen LogP contribution in [0.1, 0.15) is 10.4 Å². The van der Waals surface area contributed by atoms with Crippen molar-refractivity contribution in [1.82, 2.24) is 9.80 Å². The van der Waals surface area contributed by atoms with Gasteiger partial charge in [-0.3, -0.25) is 9.59 Å². The van der Waals surface area contributed by atoms with E-state index in [0.717, 1.165) is 0 Å². The zero-order chi connectivity index (χ0) is 14.6. The van der Waals surface area contributed by atoms with Crippen LogP contribution >= 0.6 is 0 Å². The Kier molecular flexibility index (Phi) is 4.74. The Hall–Kier alpha value is -2.24. The van der Waals surface area contributed by atoms with E-state index in [0.29, 0.717) is 16.9 Å². The van der Waals surface area contributed by atoms with Crippen LogP contribution in [0.3, 0.4) is 0 Å². The highest BCUT2D eigenvalue weighted by molar-refractivity contribution is 5.96. The van der Waals surface area contributed by atoms with Crippen LogP contribution in [0.4, 0.5) is 11.4 Å². The first-order chi connectivity index (χ1) is 8.82. The Bertz CT molecular complexity index is 484. The second-order valence-corrected chi connectivity index (χ2v) is 4.64. The smallest absolute Gasteiger partial charge is 0.253 e. The molecule has 0 unspecified atom stereocenters. The number of carbonyl (C=O) groups is 2. The van der Waals surface area contributed by atoms with Crippen molar-refractivity contribution in [3.05, 3.63) is 23.8 Å². The Labute approximate surface area is 113 Å². The maximum atomic E-state index is 11.8. The van der Waals surface area contributed by atoms with Gasteiger partial charge in [-0.2, -0.15) is 0 Å². The molecular weight excluding hydrogens is 244 g/mol. The van der Waals surface area contributed by atoms with Crippen molar-refractivity contribution in [3.8, 4) is 0 Å². The molecule has 1 aromatic rings. The van der Waals surface area contributed by atoms with Gasteiger partial charge in [0.05, 0.1) is 17.9 Å². The molecule has 0 aromatic heterocycles. The fourth-order valence-corrected chi connectivity index (χ4v) is 1.44. The molecule has 0 saturated heterocycles. The van der Waals surface area contributed by atoms with E-state index in [2.05, 4.69) is 5.32 Å². The number of rotatable bonds is 4. The molecule has 19 heavy (non-hydrogen) atoms. The van der Waals surface area contributed by atoms with E-state index in [1.165, 1.54) is 9.80 Å². The third-order valence-corrected chi connectivity index (χ3v) is 2.63. The molecular formula is C13H20N4O2. The number of hydrogen-bond acceptors (Lipinski definition) is 4. The first-order valence-electron chi connectivity index (χ1n) is 5.88. The molecule has 0 aliphatic heterocycles. The number of likely N-dealkylation sites (N-methyl/N-ethyl adjacent to an activating group) is 1. The summed E-state index contributed by atoms with van der Waals surface area (Å²) < 4.78 is 0. The van der Waals surface area contributed by atoms with E-state index in [1.54, 1.807) is 46.4 Å². The molecule has 0 atom stereocenters. The van der Waals surface area contributed by atoms with Gasteiger partial charge in [-0.15, -0.1) is 0 Å². The van der Waals surface area contributed by atoms with Crippen LogP contribution in [0, 0.1) is 0 Å². The van der Waals surface area contributed by atoms with Crippen LogP contribution in [-0.4, -0.2) is 56.3 Å².